The van der Waals surface area contributed by atoms with Gasteiger partial charge in [-0.05, 0) is 18.9 Å². The largest absolute Gasteiger partial charge is 0.481 e. The van der Waals surface area contributed by atoms with Crippen molar-refractivity contribution in [3.05, 3.63) is 48.0 Å². The van der Waals surface area contributed by atoms with Gasteiger partial charge in [-0.25, -0.2) is 0 Å². The number of hydrogen-bond acceptors (Lipinski definition) is 1. The van der Waals surface area contributed by atoms with E-state index in [9.17, 15) is 4.79 Å². The minimum Gasteiger partial charge on any atom is -0.481 e. The highest BCUT2D eigenvalue weighted by molar-refractivity contribution is 5.76. The Labute approximate surface area is 83.9 Å². The molecule has 1 rings (SSSR count). The zero-order valence-electron chi connectivity index (χ0n) is 8.23. The number of carboxylic acids is 1. The summed E-state index contributed by atoms with van der Waals surface area (Å²) in [5.41, 5.74) is 1.73. The number of benzene rings is 1. The Morgan fingerprint density at radius 2 is 2.00 bits per heavy atom. The molecule has 0 spiro atoms. The van der Waals surface area contributed by atoms with Gasteiger partial charge in [-0.1, -0.05) is 35.9 Å². The lowest BCUT2D eigenvalue weighted by molar-refractivity contribution is -0.138. The summed E-state index contributed by atoms with van der Waals surface area (Å²) in [5.74, 6) is -1.26. The number of hydrogen-bond donors (Lipinski definition) is 1. The predicted molar refractivity (Wildman–Crippen MR) is 56.2 cm³/mol. The first kappa shape index (κ1) is 10.5. The van der Waals surface area contributed by atoms with E-state index in [2.05, 4.69) is 6.58 Å². The number of rotatable bonds is 4. The summed E-state index contributed by atoms with van der Waals surface area (Å²) < 4.78 is 0. The number of carboxylic acid groups (broad SMARTS) is 1. The fourth-order valence-electron chi connectivity index (χ4n) is 1.38. The van der Waals surface area contributed by atoms with Crippen LogP contribution in [0.5, 0.6) is 0 Å². The molecule has 1 aromatic rings. The van der Waals surface area contributed by atoms with E-state index in [4.69, 9.17) is 5.11 Å². The third-order valence-electron chi connectivity index (χ3n) is 2.05. The van der Waals surface area contributed by atoms with Crippen molar-refractivity contribution in [2.75, 3.05) is 0 Å². The molecule has 0 amide bonds. The summed E-state index contributed by atoms with van der Waals surface area (Å²) in [6.45, 7) is 5.59. The molecule has 0 heterocycles. The first-order chi connectivity index (χ1) is 6.61. The number of aliphatic carboxylic acids is 1. The quantitative estimate of drug-likeness (QED) is 0.741. The first-order valence-electron chi connectivity index (χ1n) is 4.53. The van der Waals surface area contributed by atoms with Gasteiger partial charge in [0.1, 0.15) is 0 Å². The summed E-state index contributed by atoms with van der Waals surface area (Å²) in [6, 6.07) is 9.25. The van der Waals surface area contributed by atoms with Crippen LogP contribution in [0.25, 0.3) is 0 Å². The van der Waals surface area contributed by atoms with E-state index in [0.29, 0.717) is 6.42 Å². The van der Waals surface area contributed by atoms with Gasteiger partial charge in [-0.15, -0.1) is 6.58 Å². The van der Waals surface area contributed by atoms with Crippen LogP contribution in [0.2, 0.25) is 0 Å². The second kappa shape index (κ2) is 4.61. The van der Waals surface area contributed by atoms with Gasteiger partial charge in [0.25, 0.3) is 0 Å². The van der Waals surface area contributed by atoms with E-state index >= 15 is 0 Å². The first-order valence-corrected chi connectivity index (χ1v) is 4.53. The molecule has 0 aliphatic carbocycles. The fourth-order valence-corrected chi connectivity index (χ4v) is 1.38. The Kier molecular flexibility index (Phi) is 3.46. The Morgan fingerprint density at radius 1 is 1.43 bits per heavy atom. The molecule has 2 heteroatoms. The van der Waals surface area contributed by atoms with Crippen molar-refractivity contribution in [2.45, 2.75) is 19.3 Å². The van der Waals surface area contributed by atoms with E-state index in [1.165, 1.54) is 0 Å². The third-order valence-corrected chi connectivity index (χ3v) is 2.05. The molecule has 0 aliphatic rings. The van der Waals surface area contributed by atoms with Gasteiger partial charge in [0.2, 0.25) is 0 Å². The molecule has 1 N–H and O–H groups in total. The maximum Gasteiger partial charge on any atom is 0.311 e. The van der Waals surface area contributed by atoms with Gasteiger partial charge in [0, 0.05) is 0 Å². The van der Waals surface area contributed by atoms with Gasteiger partial charge >= 0.3 is 5.97 Å². The molecule has 0 saturated heterocycles. The Hall–Kier alpha value is -1.57. The molecule has 0 fully saturated rings. The second-order valence-corrected chi connectivity index (χ2v) is 3.46. The van der Waals surface area contributed by atoms with Crippen molar-refractivity contribution < 1.29 is 9.90 Å². The topological polar surface area (TPSA) is 37.3 Å². The van der Waals surface area contributed by atoms with Gasteiger partial charge in [-0.3, -0.25) is 4.79 Å². The molecule has 1 aromatic carbocycles. The van der Waals surface area contributed by atoms with Crippen molar-refractivity contribution in [3.63, 3.8) is 0 Å². The zero-order chi connectivity index (χ0) is 10.6. The van der Waals surface area contributed by atoms with E-state index in [-0.39, 0.29) is 0 Å². The lowest BCUT2D eigenvalue weighted by Crippen LogP contribution is -2.11. The molecule has 0 aromatic heterocycles. The Morgan fingerprint density at radius 3 is 2.43 bits per heavy atom. The lowest BCUT2D eigenvalue weighted by atomic mass is 9.93. The van der Waals surface area contributed by atoms with Crippen molar-refractivity contribution in [2.24, 2.45) is 0 Å². The van der Waals surface area contributed by atoms with Crippen LogP contribution in [-0.2, 0) is 4.79 Å². The maximum absolute atomic E-state index is 11.0. The number of allylic oxidation sites excluding steroid dienone is 1. The SMILES string of the molecule is C=C(C)C[C@H](C(=O)O)c1ccccc1. The van der Waals surface area contributed by atoms with Gasteiger partial charge in [0.15, 0.2) is 0 Å². The highest BCUT2D eigenvalue weighted by Gasteiger charge is 2.18. The van der Waals surface area contributed by atoms with Crippen LogP contribution < -0.4 is 0 Å². The smallest absolute Gasteiger partial charge is 0.311 e. The van der Waals surface area contributed by atoms with Crippen molar-refractivity contribution in [1.82, 2.24) is 0 Å². The lowest BCUT2D eigenvalue weighted by Gasteiger charge is -2.11. The summed E-state index contributed by atoms with van der Waals surface area (Å²) in [4.78, 5) is 11.0. The molecule has 0 bridgehead atoms. The van der Waals surface area contributed by atoms with Crippen LogP contribution in [-0.4, -0.2) is 11.1 Å². The normalized spacial score (nSPS) is 12.1. The molecule has 0 saturated carbocycles. The van der Waals surface area contributed by atoms with E-state index in [1.807, 2.05) is 37.3 Å². The fraction of sp³-hybridized carbons (Fsp3) is 0.250. The molecule has 1 atom stereocenters. The molecule has 0 radical (unpaired) electrons. The molecule has 14 heavy (non-hydrogen) atoms. The zero-order valence-corrected chi connectivity index (χ0v) is 8.23. The minimum absolute atomic E-state index is 0.464. The number of carbonyl (C=O) groups is 1. The monoisotopic (exact) mass is 190 g/mol. The van der Waals surface area contributed by atoms with Gasteiger partial charge < -0.3 is 5.11 Å². The summed E-state index contributed by atoms with van der Waals surface area (Å²) in [5, 5.41) is 9.03. The van der Waals surface area contributed by atoms with E-state index in [1.54, 1.807) is 0 Å². The summed E-state index contributed by atoms with van der Waals surface area (Å²) in [6.07, 6.45) is 0.499. The van der Waals surface area contributed by atoms with Crippen LogP contribution in [0.1, 0.15) is 24.8 Å². The highest BCUT2D eigenvalue weighted by atomic mass is 16.4. The predicted octanol–water partition coefficient (Wildman–Crippen LogP) is 2.82. The third kappa shape index (κ3) is 2.73. The van der Waals surface area contributed by atoms with Crippen LogP contribution >= 0.6 is 0 Å². The molecular formula is C12H14O2. The highest BCUT2D eigenvalue weighted by Crippen LogP contribution is 2.22. The molecule has 0 unspecified atom stereocenters. The van der Waals surface area contributed by atoms with Gasteiger partial charge in [0.05, 0.1) is 5.92 Å². The molecular weight excluding hydrogens is 176 g/mol. The Bertz CT molecular complexity index is 327. The molecule has 0 aliphatic heterocycles. The van der Waals surface area contributed by atoms with E-state index < -0.39 is 11.9 Å². The van der Waals surface area contributed by atoms with Crippen LogP contribution in [0, 0.1) is 0 Å². The Balaban J connectivity index is 2.89. The van der Waals surface area contributed by atoms with Crippen LogP contribution in [0.15, 0.2) is 42.5 Å². The summed E-state index contributed by atoms with van der Waals surface area (Å²) >= 11 is 0. The van der Waals surface area contributed by atoms with Crippen molar-refractivity contribution in [1.29, 1.82) is 0 Å². The maximum atomic E-state index is 11.0. The minimum atomic E-state index is -0.792. The second-order valence-electron chi connectivity index (χ2n) is 3.46. The van der Waals surface area contributed by atoms with Crippen molar-refractivity contribution >= 4 is 5.97 Å². The van der Waals surface area contributed by atoms with Crippen LogP contribution in [0.3, 0.4) is 0 Å². The standard InChI is InChI=1S/C12H14O2/c1-9(2)8-11(12(13)14)10-6-4-3-5-7-10/h3-7,11H,1,8H2,2H3,(H,13,14)/t11-/m0/s1. The average Bonchev–Trinajstić information content (AvgIpc) is 2.15. The summed E-state index contributed by atoms with van der Waals surface area (Å²) in [7, 11) is 0. The van der Waals surface area contributed by atoms with Crippen molar-refractivity contribution in [3.8, 4) is 0 Å². The van der Waals surface area contributed by atoms with Crippen LogP contribution in [0.4, 0.5) is 0 Å². The van der Waals surface area contributed by atoms with E-state index in [0.717, 1.165) is 11.1 Å². The van der Waals surface area contributed by atoms with Gasteiger partial charge in [-0.2, -0.15) is 0 Å². The average molecular weight is 190 g/mol. The molecule has 2 nitrogen and oxygen atoms in total. The molecule has 74 valence electrons.